The van der Waals surface area contributed by atoms with Crippen LogP contribution in [0, 0.1) is 5.92 Å². The molecule has 1 aliphatic carbocycles. The zero-order valence-corrected chi connectivity index (χ0v) is 17.5. The van der Waals surface area contributed by atoms with Crippen molar-refractivity contribution in [2.45, 2.75) is 32.8 Å². The number of nitrogens with one attached hydrogen (secondary N) is 1. The van der Waals surface area contributed by atoms with Crippen molar-refractivity contribution in [3.63, 3.8) is 0 Å². The van der Waals surface area contributed by atoms with Crippen molar-refractivity contribution in [2.24, 2.45) is 5.92 Å². The summed E-state index contributed by atoms with van der Waals surface area (Å²) in [6.45, 7) is 5.49. The van der Waals surface area contributed by atoms with E-state index in [2.05, 4.69) is 16.3 Å². The molecule has 0 bridgehead atoms. The molecular weight excluding hydrogens is 364 g/mol. The molecule has 156 valence electrons. The van der Waals surface area contributed by atoms with Crippen molar-refractivity contribution in [2.75, 3.05) is 33.3 Å². The summed E-state index contributed by atoms with van der Waals surface area (Å²) >= 11 is 0. The van der Waals surface area contributed by atoms with Crippen molar-refractivity contribution in [3.05, 3.63) is 59.7 Å². The van der Waals surface area contributed by atoms with Gasteiger partial charge in [-0.15, -0.1) is 0 Å². The van der Waals surface area contributed by atoms with E-state index in [-0.39, 0.29) is 5.91 Å². The number of hydrogen-bond donors (Lipinski definition) is 1. The number of ether oxygens (including phenoxy) is 2. The normalized spacial score (nSPS) is 13.3. The van der Waals surface area contributed by atoms with Crippen LogP contribution in [-0.4, -0.2) is 44.1 Å². The summed E-state index contributed by atoms with van der Waals surface area (Å²) in [6, 6.07) is 16.2. The SMILES string of the molecule is CCNC(=O)CN(CCc1ccc(OCc2ccccc2)c(OC)c1)CC1CC1. The maximum atomic E-state index is 12.0. The van der Waals surface area contributed by atoms with Crippen molar-refractivity contribution >= 4 is 5.91 Å². The minimum absolute atomic E-state index is 0.107. The van der Waals surface area contributed by atoms with Crippen LogP contribution in [0.1, 0.15) is 30.9 Å². The van der Waals surface area contributed by atoms with Gasteiger partial charge in [-0.3, -0.25) is 9.69 Å². The Labute approximate surface area is 174 Å². The van der Waals surface area contributed by atoms with Crippen molar-refractivity contribution in [1.29, 1.82) is 0 Å². The lowest BCUT2D eigenvalue weighted by atomic mass is 10.1. The smallest absolute Gasteiger partial charge is 0.234 e. The van der Waals surface area contributed by atoms with Gasteiger partial charge in [0, 0.05) is 19.6 Å². The molecule has 0 heterocycles. The van der Waals surface area contributed by atoms with Crippen molar-refractivity contribution in [3.8, 4) is 11.5 Å². The molecule has 1 N–H and O–H groups in total. The van der Waals surface area contributed by atoms with Crippen LogP contribution < -0.4 is 14.8 Å². The number of rotatable bonds is 12. The summed E-state index contributed by atoms with van der Waals surface area (Å²) in [5, 5.41) is 2.90. The average molecular weight is 397 g/mol. The minimum atomic E-state index is 0.107. The second-order valence-corrected chi connectivity index (χ2v) is 7.64. The fourth-order valence-corrected chi connectivity index (χ4v) is 3.37. The zero-order chi connectivity index (χ0) is 20.5. The molecule has 0 atom stereocenters. The Kier molecular flexibility index (Phi) is 7.94. The van der Waals surface area contributed by atoms with Gasteiger partial charge < -0.3 is 14.8 Å². The first-order valence-electron chi connectivity index (χ1n) is 10.5. The van der Waals surface area contributed by atoms with Gasteiger partial charge in [0.15, 0.2) is 11.5 Å². The second kappa shape index (κ2) is 10.9. The molecule has 0 aliphatic heterocycles. The van der Waals surface area contributed by atoms with Crippen LogP contribution in [0.4, 0.5) is 0 Å². The topological polar surface area (TPSA) is 50.8 Å². The molecule has 2 aromatic rings. The number of benzene rings is 2. The molecule has 5 heteroatoms. The fourth-order valence-electron chi connectivity index (χ4n) is 3.37. The standard InChI is InChI=1S/C24H32N2O3/c1-3-25-24(27)17-26(16-20-9-10-20)14-13-19-11-12-22(23(15-19)28-2)29-18-21-7-5-4-6-8-21/h4-8,11-12,15,20H,3,9-10,13-14,16-18H2,1-2H3,(H,25,27). The third kappa shape index (κ3) is 7.09. The third-order valence-corrected chi connectivity index (χ3v) is 5.14. The van der Waals surface area contributed by atoms with Gasteiger partial charge in [-0.2, -0.15) is 0 Å². The molecule has 2 aromatic carbocycles. The first kappa shape index (κ1) is 21.2. The molecule has 0 spiro atoms. The lowest BCUT2D eigenvalue weighted by Gasteiger charge is -2.22. The van der Waals surface area contributed by atoms with Gasteiger partial charge >= 0.3 is 0 Å². The highest BCUT2D eigenvalue weighted by atomic mass is 16.5. The Bertz CT molecular complexity index is 775. The molecule has 0 aromatic heterocycles. The summed E-state index contributed by atoms with van der Waals surface area (Å²) in [5.74, 6) is 2.36. The van der Waals surface area contributed by atoms with Crippen LogP contribution >= 0.6 is 0 Å². The lowest BCUT2D eigenvalue weighted by molar-refractivity contribution is -0.122. The quantitative estimate of drug-likeness (QED) is 0.595. The summed E-state index contributed by atoms with van der Waals surface area (Å²) in [6.07, 6.45) is 3.45. The molecule has 0 saturated heterocycles. The number of nitrogens with zero attached hydrogens (tertiary/aromatic N) is 1. The summed E-state index contributed by atoms with van der Waals surface area (Å²) in [7, 11) is 1.67. The molecule has 1 saturated carbocycles. The Morgan fingerprint density at radius 1 is 1.10 bits per heavy atom. The van der Waals surface area contributed by atoms with E-state index in [9.17, 15) is 4.79 Å². The van der Waals surface area contributed by atoms with Crippen molar-refractivity contribution in [1.82, 2.24) is 10.2 Å². The first-order valence-corrected chi connectivity index (χ1v) is 10.5. The third-order valence-electron chi connectivity index (χ3n) is 5.14. The van der Waals surface area contributed by atoms with E-state index in [1.165, 1.54) is 18.4 Å². The molecule has 29 heavy (non-hydrogen) atoms. The van der Waals surface area contributed by atoms with E-state index in [0.717, 1.165) is 42.5 Å². The van der Waals surface area contributed by atoms with E-state index in [0.29, 0.717) is 19.7 Å². The monoisotopic (exact) mass is 396 g/mol. The van der Waals surface area contributed by atoms with Crippen LogP contribution in [0.25, 0.3) is 0 Å². The Morgan fingerprint density at radius 3 is 2.59 bits per heavy atom. The Morgan fingerprint density at radius 2 is 1.90 bits per heavy atom. The Balaban J connectivity index is 1.56. The predicted octanol–water partition coefficient (Wildman–Crippen LogP) is 3.66. The molecular formula is C24H32N2O3. The molecule has 5 nitrogen and oxygen atoms in total. The van der Waals surface area contributed by atoms with E-state index in [4.69, 9.17) is 9.47 Å². The van der Waals surface area contributed by atoms with Crippen LogP contribution in [0.15, 0.2) is 48.5 Å². The first-order chi connectivity index (χ1) is 14.2. The van der Waals surface area contributed by atoms with E-state index in [1.807, 2.05) is 49.4 Å². The molecule has 1 fully saturated rings. The van der Waals surface area contributed by atoms with E-state index >= 15 is 0 Å². The molecule has 0 unspecified atom stereocenters. The van der Waals surface area contributed by atoms with Gasteiger partial charge in [0.2, 0.25) is 5.91 Å². The summed E-state index contributed by atoms with van der Waals surface area (Å²) in [5.41, 5.74) is 2.31. The number of hydrogen-bond acceptors (Lipinski definition) is 4. The maximum Gasteiger partial charge on any atom is 0.234 e. The molecule has 3 rings (SSSR count). The van der Waals surface area contributed by atoms with E-state index in [1.54, 1.807) is 7.11 Å². The largest absolute Gasteiger partial charge is 0.493 e. The highest BCUT2D eigenvalue weighted by molar-refractivity contribution is 5.77. The maximum absolute atomic E-state index is 12.0. The molecule has 1 amide bonds. The highest BCUT2D eigenvalue weighted by Crippen LogP contribution is 2.31. The van der Waals surface area contributed by atoms with Crippen LogP contribution in [0.3, 0.4) is 0 Å². The number of carbonyl (C=O) groups is 1. The second-order valence-electron chi connectivity index (χ2n) is 7.64. The number of amides is 1. The number of likely N-dealkylation sites (N-methyl/N-ethyl adjacent to an activating group) is 1. The summed E-state index contributed by atoms with van der Waals surface area (Å²) < 4.78 is 11.5. The Hall–Kier alpha value is -2.53. The molecule has 1 aliphatic rings. The average Bonchev–Trinajstić information content (AvgIpc) is 3.55. The lowest BCUT2D eigenvalue weighted by Crippen LogP contribution is -2.39. The van der Waals surface area contributed by atoms with Crippen LogP contribution in [0.5, 0.6) is 11.5 Å². The van der Waals surface area contributed by atoms with Gasteiger partial charge in [-0.1, -0.05) is 36.4 Å². The summed E-state index contributed by atoms with van der Waals surface area (Å²) in [4.78, 5) is 14.3. The van der Waals surface area contributed by atoms with Gasteiger partial charge in [0.25, 0.3) is 0 Å². The van der Waals surface area contributed by atoms with Crippen LogP contribution in [0.2, 0.25) is 0 Å². The fraction of sp³-hybridized carbons (Fsp3) is 0.458. The minimum Gasteiger partial charge on any atom is -0.493 e. The van der Waals surface area contributed by atoms with E-state index < -0.39 is 0 Å². The number of methoxy groups -OCH3 is 1. The predicted molar refractivity (Wildman–Crippen MR) is 115 cm³/mol. The van der Waals surface area contributed by atoms with Crippen LogP contribution in [-0.2, 0) is 17.8 Å². The van der Waals surface area contributed by atoms with Gasteiger partial charge in [-0.25, -0.2) is 0 Å². The van der Waals surface area contributed by atoms with Gasteiger partial charge in [0.1, 0.15) is 6.61 Å². The zero-order valence-electron chi connectivity index (χ0n) is 17.5. The molecule has 0 radical (unpaired) electrons. The highest BCUT2D eigenvalue weighted by Gasteiger charge is 2.25. The van der Waals surface area contributed by atoms with Gasteiger partial charge in [0.05, 0.1) is 13.7 Å². The van der Waals surface area contributed by atoms with Crippen molar-refractivity contribution < 1.29 is 14.3 Å². The van der Waals surface area contributed by atoms with Gasteiger partial charge in [-0.05, 0) is 55.4 Å². The number of carbonyl (C=O) groups excluding carboxylic acids is 1.